The van der Waals surface area contributed by atoms with Crippen molar-refractivity contribution in [1.82, 2.24) is 0 Å². The van der Waals surface area contributed by atoms with Crippen molar-refractivity contribution >= 4 is 28.4 Å². The smallest absolute Gasteiger partial charge is 0.311 e. The number of aryl methyl sites for hydroxylation is 1. The van der Waals surface area contributed by atoms with E-state index in [0.717, 1.165) is 24.8 Å². The van der Waals surface area contributed by atoms with Crippen LogP contribution in [0.2, 0.25) is 0 Å². The second-order valence-corrected chi connectivity index (χ2v) is 10.1. The van der Waals surface area contributed by atoms with Crippen molar-refractivity contribution in [3.8, 4) is 0 Å². The van der Waals surface area contributed by atoms with Gasteiger partial charge in [0.2, 0.25) is 0 Å². The summed E-state index contributed by atoms with van der Waals surface area (Å²) in [5, 5.41) is 0. The average Bonchev–Trinajstić information content (AvgIpc) is 2.56. The molecule has 1 rings (SSSR count). The third-order valence-corrected chi connectivity index (χ3v) is 6.37. The number of carbonyl (C=O) groups excluding carboxylic acids is 1. The molecule has 0 aliphatic carbocycles. The zero-order chi connectivity index (χ0) is 19.7. The Bertz CT molecular complexity index is 578. The van der Waals surface area contributed by atoms with Crippen molar-refractivity contribution in [2.75, 3.05) is 0 Å². The van der Waals surface area contributed by atoms with Crippen molar-refractivity contribution in [2.24, 2.45) is 5.92 Å². The first-order chi connectivity index (χ1) is 12.2. The second kappa shape index (κ2) is 11.1. The van der Waals surface area contributed by atoms with Crippen molar-refractivity contribution in [3.05, 3.63) is 29.8 Å². The minimum atomic E-state index is -1.46. The fraction of sp³-hybridized carbons (Fsp3) is 0.667. The lowest BCUT2D eigenvalue weighted by Gasteiger charge is -2.26. The van der Waals surface area contributed by atoms with Gasteiger partial charge in [-0.05, 0) is 46.2 Å². The summed E-state index contributed by atoms with van der Waals surface area (Å²) >= 11 is 6.53. The standard InChI is InChI=1S/C21H33ClO3S/c1-6-7-8-9-10-11-18(20(23)25-21(3,4)5)19(22)26(24)17-14-12-16(2)13-15-17/h12-15,18-19H,6-11H2,1-5H3/t18-,19+,26?/m1/s1. The molecule has 26 heavy (non-hydrogen) atoms. The number of unbranched alkanes of at least 4 members (excludes halogenated alkanes) is 4. The van der Waals surface area contributed by atoms with Gasteiger partial charge in [-0.1, -0.05) is 56.7 Å². The Morgan fingerprint density at radius 2 is 1.69 bits per heavy atom. The molecule has 0 amide bonds. The van der Waals surface area contributed by atoms with Gasteiger partial charge in [0.1, 0.15) is 10.3 Å². The summed E-state index contributed by atoms with van der Waals surface area (Å²) in [6, 6.07) is 7.44. The molecule has 0 fully saturated rings. The minimum Gasteiger partial charge on any atom is -0.460 e. The maximum absolute atomic E-state index is 12.9. The lowest BCUT2D eigenvalue weighted by atomic mass is 10.0. The molecule has 0 saturated heterocycles. The SMILES string of the molecule is CCCCCCC[C@@H](C(=O)OC(C)(C)C)[C@@H](Cl)S(=O)c1ccc(C)cc1. The van der Waals surface area contributed by atoms with Crippen LogP contribution in [0.4, 0.5) is 0 Å². The highest BCUT2D eigenvalue weighted by Gasteiger charge is 2.34. The molecule has 0 spiro atoms. The van der Waals surface area contributed by atoms with Gasteiger partial charge in [-0.15, -0.1) is 11.6 Å². The predicted octanol–water partition coefficient (Wildman–Crippen LogP) is 5.99. The fourth-order valence-corrected chi connectivity index (χ4v) is 4.40. The molecule has 0 bridgehead atoms. The van der Waals surface area contributed by atoms with E-state index < -0.39 is 27.0 Å². The first-order valence-electron chi connectivity index (χ1n) is 9.50. The zero-order valence-electron chi connectivity index (χ0n) is 16.7. The zero-order valence-corrected chi connectivity index (χ0v) is 18.3. The molecule has 0 radical (unpaired) electrons. The third-order valence-electron chi connectivity index (χ3n) is 4.10. The van der Waals surface area contributed by atoms with E-state index in [1.54, 1.807) is 0 Å². The van der Waals surface area contributed by atoms with Crippen molar-refractivity contribution < 1.29 is 13.7 Å². The van der Waals surface area contributed by atoms with Crippen molar-refractivity contribution in [2.45, 2.75) is 88.3 Å². The average molecular weight is 401 g/mol. The van der Waals surface area contributed by atoms with E-state index in [2.05, 4.69) is 6.92 Å². The molecule has 0 heterocycles. The number of alkyl halides is 1. The summed E-state index contributed by atoms with van der Waals surface area (Å²) in [6.45, 7) is 9.66. The van der Waals surface area contributed by atoms with Crippen LogP contribution in [0.15, 0.2) is 29.2 Å². The van der Waals surface area contributed by atoms with Crippen LogP contribution >= 0.6 is 11.6 Å². The monoisotopic (exact) mass is 400 g/mol. The summed E-state index contributed by atoms with van der Waals surface area (Å²) in [5.74, 6) is -0.923. The first-order valence-corrected chi connectivity index (χ1v) is 11.1. The molecular formula is C21H33ClO3S. The maximum Gasteiger partial charge on any atom is 0.311 e. The topological polar surface area (TPSA) is 43.4 Å². The molecule has 1 unspecified atom stereocenters. The number of ether oxygens (including phenoxy) is 1. The van der Waals surface area contributed by atoms with Crippen molar-refractivity contribution in [3.63, 3.8) is 0 Å². The van der Waals surface area contributed by atoms with Crippen LogP contribution in [0.5, 0.6) is 0 Å². The first kappa shape index (κ1) is 23.2. The molecule has 3 atom stereocenters. The van der Waals surface area contributed by atoms with E-state index in [0.29, 0.717) is 11.3 Å². The molecule has 0 aliphatic heterocycles. The molecular weight excluding hydrogens is 368 g/mol. The Labute approximate surface area is 166 Å². The Morgan fingerprint density at radius 1 is 1.12 bits per heavy atom. The number of carbonyl (C=O) groups is 1. The van der Waals surface area contributed by atoms with Crippen LogP contribution in [-0.2, 0) is 20.3 Å². The van der Waals surface area contributed by atoms with Crippen molar-refractivity contribution in [1.29, 1.82) is 0 Å². The number of rotatable bonds is 10. The van der Waals surface area contributed by atoms with Gasteiger partial charge in [-0.2, -0.15) is 0 Å². The predicted molar refractivity (Wildman–Crippen MR) is 110 cm³/mol. The van der Waals surface area contributed by atoms with Crippen LogP contribution in [0.25, 0.3) is 0 Å². The lowest BCUT2D eigenvalue weighted by Crippen LogP contribution is -2.34. The van der Waals surface area contributed by atoms with Gasteiger partial charge in [0.15, 0.2) is 0 Å². The largest absolute Gasteiger partial charge is 0.460 e. The molecule has 148 valence electrons. The Kier molecular flexibility index (Phi) is 9.88. The van der Waals surface area contributed by atoms with Crippen LogP contribution in [0.1, 0.15) is 71.8 Å². The summed E-state index contributed by atoms with van der Waals surface area (Å²) in [5.41, 5.74) is 0.510. The highest BCUT2D eigenvalue weighted by molar-refractivity contribution is 7.87. The number of benzene rings is 1. The maximum atomic E-state index is 12.9. The van der Waals surface area contributed by atoms with Gasteiger partial charge in [-0.25, -0.2) is 0 Å². The summed E-state index contributed by atoms with van der Waals surface area (Å²) in [7, 11) is -1.46. The van der Waals surface area contributed by atoms with Crippen LogP contribution in [0, 0.1) is 12.8 Å². The lowest BCUT2D eigenvalue weighted by molar-refractivity contribution is -0.159. The Balaban J connectivity index is 2.85. The van der Waals surface area contributed by atoms with Gasteiger partial charge in [0.05, 0.1) is 16.7 Å². The van der Waals surface area contributed by atoms with E-state index in [1.165, 1.54) is 12.8 Å². The molecule has 0 N–H and O–H groups in total. The van der Waals surface area contributed by atoms with Gasteiger partial charge < -0.3 is 4.74 Å². The van der Waals surface area contributed by atoms with Gasteiger partial charge in [0, 0.05) is 4.90 Å². The van der Waals surface area contributed by atoms with E-state index in [1.807, 2.05) is 52.0 Å². The van der Waals surface area contributed by atoms with Crippen LogP contribution in [-0.4, -0.2) is 20.5 Å². The Morgan fingerprint density at radius 3 is 2.23 bits per heavy atom. The highest BCUT2D eigenvalue weighted by Crippen LogP contribution is 2.28. The minimum absolute atomic E-state index is 0.353. The second-order valence-electron chi connectivity index (χ2n) is 7.80. The Hall–Kier alpha value is -0.870. The molecule has 1 aromatic carbocycles. The van der Waals surface area contributed by atoms with E-state index in [9.17, 15) is 9.00 Å². The number of halogens is 1. The molecule has 0 aromatic heterocycles. The number of hydrogen-bond donors (Lipinski definition) is 0. The number of esters is 1. The normalized spacial score (nSPS) is 15.3. The van der Waals surface area contributed by atoms with Crippen LogP contribution in [0.3, 0.4) is 0 Å². The van der Waals surface area contributed by atoms with E-state index in [-0.39, 0.29) is 5.97 Å². The molecule has 3 nitrogen and oxygen atoms in total. The van der Waals surface area contributed by atoms with Gasteiger partial charge >= 0.3 is 5.97 Å². The molecule has 1 aromatic rings. The molecule has 0 aliphatic rings. The van der Waals surface area contributed by atoms with Gasteiger partial charge in [0.25, 0.3) is 0 Å². The molecule has 0 saturated carbocycles. The summed E-state index contributed by atoms with van der Waals surface area (Å²) in [4.78, 5) is 13.3. The summed E-state index contributed by atoms with van der Waals surface area (Å²) < 4.78 is 17.6. The van der Waals surface area contributed by atoms with E-state index >= 15 is 0 Å². The molecule has 5 heteroatoms. The summed E-state index contributed by atoms with van der Waals surface area (Å²) in [6.07, 6.45) is 6.05. The van der Waals surface area contributed by atoms with E-state index in [4.69, 9.17) is 16.3 Å². The fourth-order valence-electron chi connectivity index (χ4n) is 2.65. The quantitative estimate of drug-likeness (QED) is 0.275. The third kappa shape index (κ3) is 8.22. The number of hydrogen-bond acceptors (Lipinski definition) is 3. The highest BCUT2D eigenvalue weighted by atomic mass is 35.5. The van der Waals surface area contributed by atoms with Crippen LogP contribution < -0.4 is 0 Å². The van der Waals surface area contributed by atoms with Gasteiger partial charge in [-0.3, -0.25) is 9.00 Å².